The number of ether oxygens (including phenoxy) is 1. The smallest absolute Gasteiger partial charge is 0.146 e. The van der Waals surface area contributed by atoms with Crippen LogP contribution in [-0.2, 0) is 5.41 Å². The van der Waals surface area contributed by atoms with Crippen LogP contribution in [0.15, 0.2) is 164 Å². The Morgan fingerprint density at radius 1 is 0.491 bits per heavy atom. The Kier molecular flexibility index (Phi) is 6.86. The van der Waals surface area contributed by atoms with Gasteiger partial charge in [0.25, 0.3) is 0 Å². The van der Waals surface area contributed by atoms with Crippen LogP contribution < -0.4 is 4.74 Å². The lowest BCUT2D eigenvalue weighted by Crippen LogP contribution is -2.15. The molecule has 0 amide bonds. The number of pyridine rings is 2. The molecule has 0 spiro atoms. The quantitative estimate of drug-likeness (QED) is 0.180. The Labute approximate surface area is 319 Å². The van der Waals surface area contributed by atoms with Crippen LogP contribution in [0.2, 0.25) is 0 Å². The first-order chi connectivity index (χ1) is 27.0. The molecule has 0 fully saturated rings. The first-order valence-electron chi connectivity index (χ1n) is 18.8. The fourth-order valence-corrected chi connectivity index (χ4v) is 8.82. The van der Waals surface area contributed by atoms with Gasteiger partial charge in [0.15, 0.2) is 0 Å². The molecule has 4 heteroatoms. The van der Waals surface area contributed by atoms with Gasteiger partial charge in [0.05, 0.1) is 5.52 Å². The highest BCUT2D eigenvalue weighted by molar-refractivity contribution is 6.09. The summed E-state index contributed by atoms with van der Waals surface area (Å²) in [6.45, 7) is 4.64. The molecule has 4 heterocycles. The second-order valence-electron chi connectivity index (χ2n) is 15.0. The van der Waals surface area contributed by atoms with Gasteiger partial charge < -0.3 is 4.74 Å². The summed E-state index contributed by atoms with van der Waals surface area (Å²) in [4.78, 5) is 9.81. The highest BCUT2D eigenvalue weighted by atomic mass is 16.5. The van der Waals surface area contributed by atoms with Gasteiger partial charge in [-0.3, -0.25) is 4.57 Å². The zero-order valence-electron chi connectivity index (χ0n) is 30.5. The van der Waals surface area contributed by atoms with Crippen LogP contribution in [0.3, 0.4) is 0 Å². The third kappa shape index (κ3) is 4.85. The van der Waals surface area contributed by atoms with Crippen molar-refractivity contribution in [2.45, 2.75) is 19.3 Å². The summed E-state index contributed by atoms with van der Waals surface area (Å²) in [5.41, 5.74) is 15.6. The van der Waals surface area contributed by atoms with Crippen LogP contribution >= 0.6 is 0 Å². The van der Waals surface area contributed by atoms with Crippen LogP contribution in [0.1, 0.15) is 36.1 Å². The van der Waals surface area contributed by atoms with Gasteiger partial charge >= 0.3 is 0 Å². The molecule has 0 unspecified atom stereocenters. The summed E-state index contributed by atoms with van der Waals surface area (Å²) in [6, 6.07) is 54.0. The zero-order chi connectivity index (χ0) is 36.7. The van der Waals surface area contributed by atoms with Crippen molar-refractivity contribution in [1.82, 2.24) is 14.5 Å². The highest BCUT2D eigenvalue weighted by Crippen LogP contribution is 2.53. The monoisotopic (exact) mass is 705 g/mol. The van der Waals surface area contributed by atoms with Gasteiger partial charge in [0.1, 0.15) is 23.0 Å². The molecule has 0 radical (unpaired) electrons. The van der Waals surface area contributed by atoms with Crippen molar-refractivity contribution in [3.63, 3.8) is 0 Å². The first-order valence-corrected chi connectivity index (χ1v) is 18.8. The molecule has 2 aliphatic rings. The van der Waals surface area contributed by atoms with Gasteiger partial charge in [-0.15, -0.1) is 0 Å². The number of hydrogen-bond donors (Lipinski definition) is 0. The predicted molar refractivity (Wildman–Crippen MR) is 226 cm³/mol. The molecular formula is C51H35N3O. The van der Waals surface area contributed by atoms with E-state index in [2.05, 4.69) is 169 Å². The van der Waals surface area contributed by atoms with Crippen LogP contribution in [0.5, 0.6) is 11.5 Å². The zero-order valence-corrected chi connectivity index (χ0v) is 30.5. The standard InChI is InChI=1S/C51H35N3O/c1-51(2)44-18-8-5-15-37(44)41-29-42-40-27-34(35-28-43-38-16-6-9-19-46(38)54(50(43)53-31-35)49-21-11-12-26-52-49)25-24-33(40)23-22-32-13-3-4-14-36(32)39-17-7-10-20-47(39)55-48(42)30-45(41)51/h3-31H,1-2H3/b23-22-. The van der Waals surface area contributed by atoms with Crippen molar-refractivity contribution < 1.29 is 4.74 Å². The van der Waals surface area contributed by atoms with E-state index < -0.39 is 0 Å². The maximum Gasteiger partial charge on any atom is 0.146 e. The van der Waals surface area contributed by atoms with Crippen molar-refractivity contribution in [3.05, 3.63) is 186 Å². The average molecular weight is 706 g/mol. The number of hydrogen-bond acceptors (Lipinski definition) is 3. The van der Waals surface area contributed by atoms with Gasteiger partial charge in [-0.1, -0.05) is 129 Å². The highest BCUT2D eigenvalue weighted by Gasteiger charge is 2.37. The third-order valence-electron chi connectivity index (χ3n) is 11.6. The molecule has 0 N–H and O–H groups in total. The summed E-state index contributed by atoms with van der Waals surface area (Å²) in [5.74, 6) is 2.52. The van der Waals surface area contributed by atoms with Gasteiger partial charge in [-0.25, -0.2) is 9.97 Å². The van der Waals surface area contributed by atoms with Crippen molar-refractivity contribution in [2.24, 2.45) is 0 Å². The molecule has 55 heavy (non-hydrogen) atoms. The van der Waals surface area contributed by atoms with Gasteiger partial charge in [0.2, 0.25) is 0 Å². The van der Waals surface area contributed by atoms with Crippen LogP contribution in [-0.4, -0.2) is 14.5 Å². The Morgan fingerprint density at radius 2 is 1.24 bits per heavy atom. The van der Waals surface area contributed by atoms with E-state index >= 15 is 0 Å². The Morgan fingerprint density at radius 3 is 2.11 bits per heavy atom. The average Bonchev–Trinajstić information content (AvgIpc) is 3.67. The Balaban J connectivity index is 1.17. The topological polar surface area (TPSA) is 39.9 Å². The van der Waals surface area contributed by atoms with Crippen LogP contribution in [0.25, 0.3) is 84.4 Å². The number of rotatable bonds is 2. The van der Waals surface area contributed by atoms with E-state index in [0.29, 0.717) is 0 Å². The second-order valence-corrected chi connectivity index (χ2v) is 15.0. The molecule has 1 aliphatic heterocycles. The van der Waals surface area contributed by atoms with E-state index in [1.165, 1.54) is 22.3 Å². The number of fused-ring (bicyclic) bond motifs is 12. The van der Waals surface area contributed by atoms with Crippen LogP contribution in [0, 0.1) is 0 Å². The summed E-state index contributed by atoms with van der Waals surface area (Å²) in [6.07, 6.45) is 8.32. The SMILES string of the molecule is CC1(C)c2ccccc2-c2cc3c(cc21)Oc1ccccc1-c1ccccc1/C=C\c1ccc(-c2cnc4c(c2)c2ccccc2n4-c2ccccn2)cc1-3. The fourth-order valence-electron chi connectivity index (χ4n) is 8.82. The summed E-state index contributed by atoms with van der Waals surface area (Å²) in [7, 11) is 0. The number of aromatic nitrogens is 3. The van der Waals surface area contributed by atoms with E-state index in [1.807, 2.05) is 30.6 Å². The minimum absolute atomic E-state index is 0.178. The number of benzene rings is 6. The van der Waals surface area contributed by atoms with Gasteiger partial charge in [0, 0.05) is 45.3 Å². The van der Waals surface area contributed by atoms with Crippen molar-refractivity contribution in [2.75, 3.05) is 0 Å². The lowest BCUT2D eigenvalue weighted by molar-refractivity contribution is 0.484. The normalized spacial score (nSPS) is 14.1. The molecule has 3 aromatic heterocycles. The minimum atomic E-state index is -0.178. The van der Waals surface area contributed by atoms with Crippen LogP contribution in [0.4, 0.5) is 0 Å². The van der Waals surface area contributed by atoms with E-state index in [0.717, 1.165) is 83.8 Å². The molecule has 6 aromatic carbocycles. The molecule has 0 saturated heterocycles. The molecule has 0 saturated carbocycles. The summed E-state index contributed by atoms with van der Waals surface area (Å²) < 4.78 is 9.30. The van der Waals surface area contributed by atoms with E-state index in [4.69, 9.17) is 9.72 Å². The van der Waals surface area contributed by atoms with Crippen molar-refractivity contribution >= 4 is 34.1 Å². The summed E-state index contributed by atoms with van der Waals surface area (Å²) in [5, 5.41) is 2.23. The predicted octanol–water partition coefficient (Wildman–Crippen LogP) is 13.2. The fraction of sp³-hybridized carbons (Fsp3) is 0.0588. The van der Waals surface area contributed by atoms with Crippen molar-refractivity contribution in [3.8, 4) is 61.8 Å². The largest absolute Gasteiger partial charge is 0.456 e. The first kappa shape index (κ1) is 31.5. The van der Waals surface area contributed by atoms with Crippen molar-refractivity contribution in [1.29, 1.82) is 0 Å². The lowest BCUT2D eigenvalue weighted by atomic mass is 9.81. The Hall–Kier alpha value is -7.04. The minimum Gasteiger partial charge on any atom is -0.456 e. The third-order valence-corrected chi connectivity index (χ3v) is 11.6. The maximum atomic E-state index is 7.15. The van der Waals surface area contributed by atoms with E-state index in [1.54, 1.807) is 0 Å². The molecule has 0 atom stereocenters. The van der Waals surface area contributed by atoms with Gasteiger partial charge in [-0.05, 0) is 98.6 Å². The lowest BCUT2D eigenvalue weighted by Gasteiger charge is -2.23. The molecular weight excluding hydrogens is 671 g/mol. The molecule has 1 aliphatic carbocycles. The number of para-hydroxylation sites is 2. The molecule has 11 rings (SSSR count). The number of nitrogens with zero attached hydrogens (tertiary/aromatic N) is 3. The molecule has 9 aromatic rings. The molecule has 4 nitrogen and oxygen atoms in total. The Bertz CT molecular complexity index is 3040. The maximum absolute atomic E-state index is 7.15. The molecule has 260 valence electrons. The van der Waals surface area contributed by atoms with E-state index in [9.17, 15) is 0 Å². The summed E-state index contributed by atoms with van der Waals surface area (Å²) >= 11 is 0. The van der Waals surface area contributed by atoms with E-state index in [-0.39, 0.29) is 5.41 Å². The second kappa shape index (κ2) is 12.0. The van der Waals surface area contributed by atoms with Gasteiger partial charge in [-0.2, -0.15) is 0 Å². The molecule has 0 bridgehead atoms.